The Bertz CT molecular complexity index is 1250. The van der Waals surface area contributed by atoms with Crippen LogP contribution in [0.1, 0.15) is 47.0 Å². The number of pyridine rings is 1. The summed E-state index contributed by atoms with van der Waals surface area (Å²) < 4.78 is 2.99. The number of likely N-dealkylation sites (N-methyl/N-ethyl adjacent to an activating group) is 1. The number of aryl methyl sites for hydroxylation is 1. The van der Waals surface area contributed by atoms with Gasteiger partial charge in [-0.25, -0.2) is 9.50 Å². The van der Waals surface area contributed by atoms with Crippen molar-refractivity contribution in [2.45, 2.75) is 39.2 Å². The molecule has 2 N–H and O–H groups in total. The molecule has 156 valence electrons. The molecule has 4 aromatic heterocycles. The summed E-state index contributed by atoms with van der Waals surface area (Å²) in [7, 11) is 1.96. The van der Waals surface area contributed by atoms with Crippen LogP contribution < -0.4 is 5.32 Å². The SMILES string of the molecule is CN[C@H]1CCN(C(=O)c2cc3[nH]c(-c4cc(C)c5ncnn5c4)c(C(C)C)c3s2)C1. The molecule has 0 bridgehead atoms. The van der Waals surface area contributed by atoms with Crippen LogP contribution in [0.2, 0.25) is 0 Å². The highest BCUT2D eigenvalue weighted by atomic mass is 32.1. The molecular weight excluding hydrogens is 396 g/mol. The first-order chi connectivity index (χ1) is 14.5. The van der Waals surface area contributed by atoms with Crippen molar-refractivity contribution in [1.82, 2.24) is 29.8 Å². The molecule has 1 aliphatic rings. The lowest BCUT2D eigenvalue weighted by molar-refractivity contribution is 0.0794. The molecule has 0 aliphatic carbocycles. The minimum atomic E-state index is 0.137. The molecule has 0 saturated carbocycles. The Morgan fingerprint density at radius 1 is 1.37 bits per heavy atom. The second-order valence-corrected chi connectivity index (χ2v) is 9.44. The number of H-pyrrole nitrogens is 1. The molecular formula is C22H26N6OS. The number of aromatic amines is 1. The maximum Gasteiger partial charge on any atom is 0.264 e. The molecule has 1 fully saturated rings. The van der Waals surface area contributed by atoms with Gasteiger partial charge < -0.3 is 15.2 Å². The third-order valence-corrected chi connectivity index (χ3v) is 7.18. The fourth-order valence-corrected chi connectivity index (χ4v) is 5.73. The summed E-state index contributed by atoms with van der Waals surface area (Å²) in [5, 5.41) is 7.59. The molecule has 1 atom stereocenters. The molecule has 5 rings (SSSR count). The van der Waals surface area contributed by atoms with Crippen LogP contribution in [0.4, 0.5) is 0 Å². The van der Waals surface area contributed by atoms with Gasteiger partial charge in [0.15, 0.2) is 5.65 Å². The highest BCUT2D eigenvalue weighted by Gasteiger charge is 2.28. The molecule has 5 heterocycles. The van der Waals surface area contributed by atoms with Gasteiger partial charge in [0.2, 0.25) is 0 Å². The Hall–Kier alpha value is -2.71. The van der Waals surface area contributed by atoms with Crippen LogP contribution >= 0.6 is 11.3 Å². The second-order valence-electron chi connectivity index (χ2n) is 8.39. The molecule has 4 aromatic rings. The predicted octanol–water partition coefficient (Wildman–Crippen LogP) is 3.80. The van der Waals surface area contributed by atoms with E-state index in [0.29, 0.717) is 12.0 Å². The average Bonchev–Trinajstić information content (AvgIpc) is 3.48. The van der Waals surface area contributed by atoms with Crippen LogP contribution in [0.25, 0.3) is 27.1 Å². The van der Waals surface area contributed by atoms with Gasteiger partial charge in [0.25, 0.3) is 5.91 Å². The first-order valence-electron chi connectivity index (χ1n) is 10.4. The van der Waals surface area contributed by atoms with E-state index in [2.05, 4.69) is 47.2 Å². The maximum absolute atomic E-state index is 13.0. The van der Waals surface area contributed by atoms with E-state index in [-0.39, 0.29) is 5.91 Å². The Morgan fingerprint density at radius 3 is 2.93 bits per heavy atom. The van der Waals surface area contributed by atoms with Crippen LogP contribution in [-0.4, -0.2) is 56.6 Å². The molecule has 1 aliphatic heterocycles. The second kappa shape index (κ2) is 7.21. The van der Waals surface area contributed by atoms with E-state index in [0.717, 1.165) is 52.4 Å². The van der Waals surface area contributed by atoms with E-state index in [1.807, 2.05) is 28.7 Å². The molecule has 0 radical (unpaired) electrons. The number of carbonyl (C=O) groups is 1. The van der Waals surface area contributed by atoms with Gasteiger partial charge in [0, 0.05) is 30.9 Å². The Labute approximate surface area is 179 Å². The van der Waals surface area contributed by atoms with Crippen LogP contribution in [-0.2, 0) is 0 Å². The molecule has 1 amide bonds. The summed E-state index contributed by atoms with van der Waals surface area (Å²) in [5.74, 6) is 0.459. The first kappa shape index (κ1) is 19.3. The third-order valence-electron chi connectivity index (χ3n) is 6.03. The number of hydrogen-bond donors (Lipinski definition) is 2. The van der Waals surface area contributed by atoms with E-state index >= 15 is 0 Å². The van der Waals surface area contributed by atoms with Gasteiger partial charge in [-0.3, -0.25) is 4.79 Å². The van der Waals surface area contributed by atoms with Gasteiger partial charge in [-0.05, 0) is 49.6 Å². The van der Waals surface area contributed by atoms with Gasteiger partial charge in [-0.1, -0.05) is 13.8 Å². The number of aromatic nitrogens is 4. The first-order valence-corrected chi connectivity index (χ1v) is 11.2. The summed E-state index contributed by atoms with van der Waals surface area (Å²) >= 11 is 1.60. The van der Waals surface area contributed by atoms with Gasteiger partial charge in [-0.2, -0.15) is 5.10 Å². The number of carbonyl (C=O) groups excluding carboxylic acids is 1. The van der Waals surface area contributed by atoms with Crippen molar-refractivity contribution in [1.29, 1.82) is 0 Å². The molecule has 7 nitrogen and oxygen atoms in total. The minimum absolute atomic E-state index is 0.137. The van der Waals surface area contributed by atoms with Gasteiger partial charge in [-0.15, -0.1) is 11.3 Å². The van der Waals surface area contributed by atoms with E-state index < -0.39 is 0 Å². The molecule has 0 aromatic carbocycles. The number of thiophene rings is 1. The van der Waals surface area contributed by atoms with Crippen molar-refractivity contribution < 1.29 is 4.79 Å². The summed E-state index contributed by atoms with van der Waals surface area (Å²) in [6, 6.07) is 4.57. The zero-order chi connectivity index (χ0) is 21.0. The quantitative estimate of drug-likeness (QED) is 0.524. The zero-order valence-corrected chi connectivity index (χ0v) is 18.5. The standard InChI is InChI=1S/C22H26N6OS/c1-12(2)18-19(14-7-13(3)21-24-11-25-28(21)9-14)26-16-8-17(30-20(16)18)22(29)27-6-5-15(10-27)23-4/h7-9,11-12,15,23,26H,5-6,10H2,1-4H3/t15-/m0/s1. The van der Waals surface area contributed by atoms with E-state index in [1.54, 1.807) is 17.7 Å². The molecule has 8 heteroatoms. The van der Waals surface area contributed by atoms with Crippen LogP contribution in [0, 0.1) is 6.92 Å². The fourth-order valence-electron chi connectivity index (χ4n) is 4.45. The number of fused-ring (bicyclic) bond motifs is 2. The number of amides is 1. The van der Waals surface area contributed by atoms with Crippen molar-refractivity contribution in [2.75, 3.05) is 20.1 Å². The number of nitrogens with zero attached hydrogens (tertiary/aromatic N) is 4. The summed E-state index contributed by atoms with van der Waals surface area (Å²) in [4.78, 5) is 23.7. The summed E-state index contributed by atoms with van der Waals surface area (Å²) in [5.41, 5.74) is 6.42. The Morgan fingerprint density at radius 2 is 2.20 bits per heavy atom. The summed E-state index contributed by atoms with van der Waals surface area (Å²) in [6.45, 7) is 8.05. The van der Waals surface area contributed by atoms with Crippen LogP contribution in [0.15, 0.2) is 24.7 Å². The predicted molar refractivity (Wildman–Crippen MR) is 120 cm³/mol. The lowest BCUT2D eigenvalue weighted by Crippen LogP contribution is -2.33. The van der Waals surface area contributed by atoms with Crippen molar-refractivity contribution in [3.8, 4) is 11.3 Å². The average molecular weight is 423 g/mol. The van der Waals surface area contributed by atoms with Crippen molar-refractivity contribution in [3.05, 3.63) is 40.7 Å². The van der Waals surface area contributed by atoms with E-state index in [1.165, 1.54) is 10.3 Å². The van der Waals surface area contributed by atoms with E-state index in [4.69, 9.17) is 0 Å². The maximum atomic E-state index is 13.0. The van der Waals surface area contributed by atoms with Crippen molar-refractivity contribution >= 4 is 33.1 Å². The lowest BCUT2D eigenvalue weighted by Gasteiger charge is -2.15. The number of nitrogens with one attached hydrogen (secondary N) is 2. The lowest BCUT2D eigenvalue weighted by atomic mass is 9.99. The third kappa shape index (κ3) is 3.02. The zero-order valence-electron chi connectivity index (χ0n) is 17.7. The Kier molecular flexibility index (Phi) is 4.63. The van der Waals surface area contributed by atoms with Crippen molar-refractivity contribution in [2.24, 2.45) is 0 Å². The number of rotatable bonds is 4. The van der Waals surface area contributed by atoms with Crippen LogP contribution in [0.5, 0.6) is 0 Å². The topological polar surface area (TPSA) is 78.3 Å². The van der Waals surface area contributed by atoms with Gasteiger partial charge >= 0.3 is 0 Å². The smallest absolute Gasteiger partial charge is 0.264 e. The van der Waals surface area contributed by atoms with Crippen molar-refractivity contribution in [3.63, 3.8) is 0 Å². The van der Waals surface area contributed by atoms with Crippen LogP contribution in [0.3, 0.4) is 0 Å². The van der Waals surface area contributed by atoms with Gasteiger partial charge in [0.05, 0.1) is 20.8 Å². The summed E-state index contributed by atoms with van der Waals surface area (Å²) in [6.07, 6.45) is 4.61. The molecule has 0 spiro atoms. The normalized spacial score (nSPS) is 17.1. The number of likely N-dealkylation sites (tertiary alicyclic amines) is 1. The van der Waals surface area contributed by atoms with Gasteiger partial charge in [0.1, 0.15) is 6.33 Å². The fraction of sp³-hybridized carbons (Fsp3) is 0.409. The molecule has 0 unspecified atom stereocenters. The molecule has 1 saturated heterocycles. The number of hydrogen-bond acceptors (Lipinski definition) is 5. The highest BCUT2D eigenvalue weighted by Crippen LogP contribution is 2.40. The highest BCUT2D eigenvalue weighted by molar-refractivity contribution is 7.21. The molecule has 30 heavy (non-hydrogen) atoms. The van der Waals surface area contributed by atoms with E-state index in [9.17, 15) is 4.79 Å². The largest absolute Gasteiger partial charge is 0.354 e. The minimum Gasteiger partial charge on any atom is -0.354 e. The monoisotopic (exact) mass is 422 g/mol. The Balaban J connectivity index is 1.57.